The Morgan fingerprint density at radius 2 is 1.33 bits per heavy atom. The zero-order valence-corrected chi connectivity index (χ0v) is 14.0. The molecule has 0 bridgehead atoms. The summed E-state index contributed by atoms with van der Waals surface area (Å²) in [6, 6.07) is -2.71. The molecular weight excluding hydrogens is 310 g/mol. The van der Waals surface area contributed by atoms with Gasteiger partial charge in [-0.2, -0.15) is 22.2 Å². The van der Waals surface area contributed by atoms with Crippen LogP contribution in [0.15, 0.2) is 0 Å². The van der Waals surface area contributed by atoms with Gasteiger partial charge in [0.25, 0.3) is 0 Å². The Balaban J connectivity index is 4.70. The highest BCUT2D eigenvalue weighted by Crippen LogP contribution is 2.44. The van der Waals surface area contributed by atoms with Crippen LogP contribution in [0.5, 0.6) is 0 Å². The summed E-state index contributed by atoms with van der Waals surface area (Å²) >= 11 is 29.7. The van der Waals surface area contributed by atoms with Gasteiger partial charge in [-0.1, -0.05) is 19.6 Å². The van der Waals surface area contributed by atoms with Crippen LogP contribution in [0.2, 0.25) is 24.4 Å². The molecule has 0 aromatic heterocycles. The van der Waals surface area contributed by atoms with E-state index in [9.17, 15) is 0 Å². The van der Waals surface area contributed by atoms with Crippen molar-refractivity contribution in [3.05, 3.63) is 0 Å². The van der Waals surface area contributed by atoms with Gasteiger partial charge in [0, 0.05) is 12.9 Å². The second-order valence-corrected chi connectivity index (χ2v) is 24.6. The van der Waals surface area contributed by atoms with Gasteiger partial charge in [0.1, 0.15) is 0 Å². The Labute approximate surface area is 101 Å². The molecule has 0 aromatic rings. The van der Waals surface area contributed by atoms with Crippen molar-refractivity contribution >= 4 is 76.9 Å². The van der Waals surface area contributed by atoms with Crippen LogP contribution in [0, 0.1) is 0 Å². The van der Waals surface area contributed by atoms with Crippen LogP contribution in [0.25, 0.3) is 0 Å². The predicted molar refractivity (Wildman–Crippen MR) is 69.3 cm³/mol. The fourth-order valence-electron chi connectivity index (χ4n) is 1.01. The lowest BCUT2D eigenvalue weighted by Crippen LogP contribution is -2.45. The van der Waals surface area contributed by atoms with Crippen molar-refractivity contribution in [1.29, 1.82) is 0 Å². The summed E-state index contributed by atoms with van der Waals surface area (Å²) in [6.07, 6.45) is 0. The van der Waals surface area contributed by atoms with Crippen LogP contribution in [-0.2, 0) is 0 Å². The first-order chi connectivity index (χ1) is 5.07. The van der Waals surface area contributed by atoms with Gasteiger partial charge in [-0.25, -0.2) is 0 Å². The molecule has 0 heterocycles. The Morgan fingerprint density at radius 1 is 1.00 bits per heavy atom. The molecule has 0 aliphatic heterocycles. The predicted octanol–water partition coefficient (Wildman–Crippen LogP) is 4.13. The Morgan fingerprint density at radius 3 is 1.33 bits per heavy atom. The number of hydrogen-bond acceptors (Lipinski definition) is 0. The maximum Gasteiger partial charge on any atom is 0.341 e. The van der Waals surface area contributed by atoms with Crippen LogP contribution >= 0.6 is 55.4 Å². The van der Waals surface area contributed by atoms with Crippen molar-refractivity contribution in [2.75, 3.05) is 0 Å². The largest absolute Gasteiger partial charge is 0.341 e. The molecule has 12 heavy (non-hydrogen) atoms. The minimum Gasteiger partial charge on any atom is -0.151 e. The fourth-order valence-corrected chi connectivity index (χ4v) is 35.0. The third-order valence-corrected chi connectivity index (χ3v) is 24.7. The third-order valence-electron chi connectivity index (χ3n) is 1.54. The number of halogens is 5. The van der Waals surface area contributed by atoms with Gasteiger partial charge in [-0.15, -0.1) is 33.2 Å². The maximum absolute atomic E-state index is 5.95. The molecule has 0 aliphatic carbocycles. The molecule has 0 nitrogen and oxygen atoms in total. The van der Waals surface area contributed by atoms with Crippen molar-refractivity contribution in [2.45, 2.75) is 24.4 Å². The summed E-state index contributed by atoms with van der Waals surface area (Å²) in [7, 11) is -3.38. The molecule has 0 amide bonds. The molecule has 0 spiro atoms. The van der Waals surface area contributed by atoms with Gasteiger partial charge in [-0.3, -0.25) is 0 Å². The summed E-state index contributed by atoms with van der Waals surface area (Å²) < 4.78 is 0. The summed E-state index contributed by atoms with van der Waals surface area (Å²) in [5, 5.41) is 0. The van der Waals surface area contributed by atoms with E-state index in [-0.39, 0.29) is 4.79 Å². The molecule has 74 valence electrons. The second kappa shape index (κ2) is 4.75. The van der Waals surface area contributed by atoms with Gasteiger partial charge in [0.2, 0.25) is 7.42 Å². The van der Waals surface area contributed by atoms with Gasteiger partial charge < -0.3 is 0 Å². The van der Waals surface area contributed by atoms with E-state index in [0.717, 1.165) is 0 Å². The smallest absolute Gasteiger partial charge is 0.151 e. The average molecular weight is 321 g/mol. The third kappa shape index (κ3) is 4.55. The van der Waals surface area contributed by atoms with Crippen molar-refractivity contribution in [1.82, 2.24) is 0 Å². The van der Waals surface area contributed by atoms with Crippen molar-refractivity contribution < 1.29 is 0 Å². The summed E-state index contributed by atoms with van der Waals surface area (Å²) in [5.74, 6) is 0. The molecule has 8 heteroatoms. The lowest BCUT2D eigenvalue weighted by molar-refractivity contribution is 1.53. The lowest BCUT2D eigenvalue weighted by atomic mass is 11.7. The maximum atomic E-state index is 5.95. The monoisotopic (exact) mass is 318 g/mol. The zero-order valence-electron chi connectivity index (χ0n) is 7.04. The first-order valence-electron chi connectivity index (χ1n) is 3.41. The normalized spacial score (nSPS) is 16.8. The van der Waals surface area contributed by atoms with Crippen molar-refractivity contribution in [2.24, 2.45) is 0 Å². The second-order valence-electron chi connectivity index (χ2n) is 3.72. The molecule has 0 saturated heterocycles. The van der Waals surface area contributed by atoms with Gasteiger partial charge in [0.15, 0.2) is 0 Å². The minimum atomic E-state index is -2.71. The molecule has 0 radical (unpaired) electrons. The van der Waals surface area contributed by atoms with Crippen LogP contribution in [0.3, 0.4) is 0 Å². The first-order valence-corrected chi connectivity index (χ1v) is 16.3. The Kier molecular flexibility index (Phi) is 5.58. The molecule has 1 unspecified atom stereocenters. The molecule has 1 atom stereocenters. The van der Waals surface area contributed by atoms with Gasteiger partial charge in [0.05, 0.1) is 0 Å². The van der Waals surface area contributed by atoms with E-state index in [1.165, 1.54) is 0 Å². The highest BCUT2D eigenvalue weighted by Gasteiger charge is 2.49. The van der Waals surface area contributed by atoms with E-state index >= 15 is 0 Å². The molecular formula is C4H11Cl5Si3. The van der Waals surface area contributed by atoms with Crippen LogP contribution in [0.4, 0.5) is 0 Å². The van der Waals surface area contributed by atoms with Gasteiger partial charge >= 0.3 is 6.00 Å². The lowest BCUT2D eigenvalue weighted by Gasteiger charge is -2.32. The van der Waals surface area contributed by atoms with Crippen LogP contribution in [-0.4, -0.2) is 21.5 Å². The van der Waals surface area contributed by atoms with E-state index < -0.39 is 21.5 Å². The molecule has 0 fully saturated rings. The standard InChI is InChI=1S/C4H11Cl5Si3/c1-11(2,3)4(10(5)6)12(7,8)9/h4,10H,1-3H3. The van der Waals surface area contributed by atoms with E-state index in [1.807, 2.05) is 0 Å². The average Bonchev–Trinajstić information content (AvgIpc) is 1.49. The fraction of sp³-hybridized carbons (Fsp3) is 1.00. The molecule has 0 saturated carbocycles. The Hall–Kier alpha value is 2.10. The quantitative estimate of drug-likeness (QED) is 0.542. The summed E-state index contributed by atoms with van der Waals surface area (Å²) in [5.41, 5.74) is 0. The first kappa shape index (κ1) is 14.1. The summed E-state index contributed by atoms with van der Waals surface area (Å²) in [4.78, 5) is 0.0262. The van der Waals surface area contributed by atoms with Crippen LogP contribution in [0.1, 0.15) is 0 Å². The zero-order chi connectivity index (χ0) is 10.2. The number of hydrogen-bond donors (Lipinski definition) is 0. The molecule has 0 aliphatic rings. The van der Waals surface area contributed by atoms with Crippen molar-refractivity contribution in [3.63, 3.8) is 0 Å². The molecule has 0 rings (SSSR count). The minimum absolute atomic E-state index is 0.0262. The number of rotatable bonds is 3. The molecule has 0 N–H and O–H groups in total. The highest BCUT2D eigenvalue weighted by molar-refractivity contribution is 7.70. The van der Waals surface area contributed by atoms with E-state index in [4.69, 9.17) is 55.4 Å². The van der Waals surface area contributed by atoms with Gasteiger partial charge in [-0.05, 0) is 0 Å². The van der Waals surface area contributed by atoms with E-state index in [1.54, 1.807) is 0 Å². The van der Waals surface area contributed by atoms with Crippen molar-refractivity contribution in [3.8, 4) is 0 Å². The topological polar surface area (TPSA) is 0 Å². The van der Waals surface area contributed by atoms with E-state index in [0.29, 0.717) is 0 Å². The Bertz CT molecular complexity index is 134. The highest BCUT2D eigenvalue weighted by atomic mass is 35.8. The van der Waals surface area contributed by atoms with Crippen LogP contribution < -0.4 is 0 Å². The SMILES string of the molecule is C[Si](C)(C)C([SiH](Cl)Cl)[Si](Cl)(Cl)Cl. The van der Waals surface area contributed by atoms with E-state index in [2.05, 4.69) is 19.6 Å². The summed E-state index contributed by atoms with van der Waals surface area (Å²) in [6.45, 7) is 6.41. The molecule has 0 aromatic carbocycles.